The van der Waals surface area contributed by atoms with Gasteiger partial charge in [0.15, 0.2) is 0 Å². The number of aliphatic hydroxyl groups is 1. The van der Waals surface area contributed by atoms with Crippen LogP contribution in [-0.4, -0.2) is 29.6 Å². The summed E-state index contributed by atoms with van der Waals surface area (Å²) in [5.74, 6) is -2.25. The molecule has 0 saturated carbocycles. The van der Waals surface area contributed by atoms with E-state index < -0.39 is 17.6 Å². The van der Waals surface area contributed by atoms with Crippen molar-refractivity contribution >= 4 is 33.4 Å². The third kappa shape index (κ3) is 4.96. The lowest BCUT2D eigenvalue weighted by Crippen LogP contribution is -2.40. The van der Waals surface area contributed by atoms with Gasteiger partial charge in [0, 0.05) is 17.1 Å². The smallest absolute Gasteiger partial charge is 0.313 e. The predicted octanol–water partition coefficient (Wildman–Crippen LogP) is 1.41. The van der Waals surface area contributed by atoms with Gasteiger partial charge < -0.3 is 15.7 Å². The van der Waals surface area contributed by atoms with E-state index in [0.29, 0.717) is 10.9 Å². The molecule has 0 unspecified atom stereocenters. The molecule has 0 fully saturated rings. The molecule has 0 radical (unpaired) electrons. The molecule has 0 aliphatic heterocycles. The second-order valence-corrected chi connectivity index (χ2v) is 4.82. The summed E-state index contributed by atoms with van der Waals surface area (Å²) < 4.78 is 13.5. The van der Waals surface area contributed by atoms with Crippen LogP contribution in [0.5, 0.6) is 0 Å². The van der Waals surface area contributed by atoms with Crippen LogP contribution in [0.1, 0.15) is 13.3 Å². The average molecular weight is 333 g/mol. The van der Waals surface area contributed by atoms with E-state index in [2.05, 4.69) is 26.6 Å². The van der Waals surface area contributed by atoms with E-state index >= 15 is 0 Å². The van der Waals surface area contributed by atoms with Crippen molar-refractivity contribution in [3.63, 3.8) is 0 Å². The highest BCUT2D eigenvalue weighted by Gasteiger charge is 2.17. The molecule has 0 aromatic heterocycles. The molecule has 3 N–H and O–H groups in total. The van der Waals surface area contributed by atoms with Crippen molar-refractivity contribution < 1.29 is 19.1 Å². The lowest BCUT2D eigenvalue weighted by molar-refractivity contribution is -0.136. The number of aliphatic hydroxyl groups excluding tert-OH is 1. The first-order chi connectivity index (χ1) is 8.93. The summed E-state index contributed by atoms with van der Waals surface area (Å²) in [6.07, 6.45) is 0.350. The van der Waals surface area contributed by atoms with Gasteiger partial charge in [-0.2, -0.15) is 0 Å². The summed E-state index contributed by atoms with van der Waals surface area (Å²) in [6.45, 7) is 1.58. The van der Waals surface area contributed by atoms with Crippen molar-refractivity contribution in [2.75, 3.05) is 11.9 Å². The first-order valence-corrected chi connectivity index (χ1v) is 6.41. The summed E-state index contributed by atoms with van der Waals surface area (Å²) >= 11 is 3.14. The third-order valence-electron chi connectivity index (χ3n) is 2.32. The summed E-state index contributed by atoms with van der Waals surface area (Å²) in [5.41, 5.74) is 0.176. The van der Waals surface area contributed by atoms with Gasteiger partial charge in [-0.1, -0.05) is 0 Å². The standard InChI is InChI=1S/C12H14BrFN2O3/c1-7(4-5-17)15-11(18)12(19)16-10-6-8(14)2-3-9(10)13/h2-3,6-7,17H,4-5H2,1H3,(H,15,18)(H,16,19)/t7-/m1/s1. The monoisotopic (exact) mass is 332 g/mol. The van der Waals surface area contributed by atoms with E-state index in [4.69, 9.17) is 5.11 Å². The molecule has 1 rings (SSSR count). The molecule has 0 heterocycles. The topological polar surface area (TPSA) is 78.4 Å². The zero-order valence-corrected chi connectivity index (χ0v) is 11.8. The van der Waals surface area contributed by atoms with E-state index in [9.17, 15) is 14.0 Å². The molecule has 0 aliphatic carbocycles. The highest BCUT2D eigenvalue weighted by atomic mass is 79.9. The van der Waals surface area contributed by atoms with Crippen LogP contribution in [0.2, 0.25) is 0 Å². The second-order valence-electron chi connectivity index (χ2n) is 3.97. The molecule has 7 heteroatoms. The quantitative estimate of drug-likeness (QED) is 0.729. The van der Waals surface area contributed by atoms with Gasteiger partial charge in [-0.05, 0) is 47.5 Å². The number of rotatable bonds is 4. The lowest BCUT2D eigenvalue weighted by Gasteiger charge is -2.12. The zero-order valence-electron chi connectivity index (χ0n) is 10.2. The van der Waals surface area contributed by atoms with E-state index in [1.807, 2.05) is 0 Å². The highest BCUT2D eigenvalue weighted by Crippen LogP contribution is 2.22. The minimum atomic E-state index is -0.893. The van der Waals surface area contributed by atoms with Crippen LogP contribution in [0.25, 0.3) is 0 Å². The number of amides is 2. The van der Waals surface area contributed by atoms with Crippen LogP contribution in [0.3, 0.4) is 0 Å². The van der Waals surface area contributed by atoms with E-state index in [1.165, 1.54) is 12.1 Å². The Kier molecular flexibility index (Phi) is 5.91. The number of carbonyl (C=O) groups excluding carboxylic acids is 2. The Morgan fingerprint density at radius 3 is 2.74 bits per heavy atom. The summed E-state index contributed by atoms with van der Waals surface area (Å²) in [6, 6.07) is 3.44. The van der Waals surface area contributed by atoms with Crippen molar-refractivity contribution in [3.05, 3.63) is 28.5 Å². The van der Waals surface area contributed by atoms with E-state index in [1.54, 1.807) is 6.92 Å². The number of carbonyl (C=O) groups is 2. The Hall–Kier alpha value is -1.47. The maximum absolute atomic E-state index is 13.0. The van der Waals surface area contributed by atoms with Gasteiger partial charge in [0.25, 0.3) is 0 Å². The van der Waals surface area contributed by atoms with Crippen LogP contribution in [0, 0.1) is 5.82 Å². The van der Waals surface area contributed by atoms with Crippen molar-refractivity contribution in [1.82, 2.24) is 5.32 Å². The van der Waals surface area contributed by atoms with Crippen LogP contribution in [0.4, 0.5) is 10.1 Å². The maximum Gasteiger partial charge on any atom is 0.313 e. The number of hydrogen-bond donors (Lipinski definition) is 3. The fourth-order valence-corrected chi connectivity index (χ4v) is 1.67. The fourth-order valence-electron chi connectivity index (χ4n) is 1.33. The first-order valence-electron chi connectivity index (χ1n) is 5.61. The molecule has 1 aromatic carbocycles. The second kappa shape index (κ2) is 7.20. The van der Waals surface area contributed by atoms with Gasteiger partial charge in [0.05, 0.1) is 5.69 Å². The van der Waals surface area contributed by atoms with Gasteiger partial charge >= 0.3 is 11.8 Å². The molecule has 1 atom stereocenters. The van der Waals surface area contributed by atoms with Gasteiger partial charge in [-0.15, -0.1) is 0 Å². The molecule has 5 nitrogen and oxygen atoms in total. The van der Waals surface area contributed by atoms with Gasteiger partial charge in [0.1, 0.15) is 5.82 Å². The molecule has 2 amide bonds. The first kappa shape index (κ1) is 15.6. The number of benzene rings is 1. The molecule has 0 aliphatic rings. The van der Waals surface area contributed by atoms with E-state index in [0.717, 1.165) is 6.07 Å². The fraction of sp³-hybridized carbons (Fsp3) is 0.333. The minimum absolute atomic E-state index is 0.0848. The summed E-state index contributed by atoms with van der Waals surface area (Å²) in [5, 5.41) is 13.4. The molecule has 104 valence electrons. The third-order valence-corrected chi connectivity index (χ3v) is 3.01. The van der Waals surface area contributed by atoms with Crippen LogP contribution in [0.15, 0.2) is 22.7 Å². The Morgan fingerprint density at radius 1 is 1.42 bits per heavy atom. The summed E-state index contributed by atoms with van der Waals surface area (Å²) in [4.78, 5) is 23.1. The van der Waals surface area contributed by atoms with Crippen LogP contribution < -0.4 is 10.6 Å². The average Bonchev–Trinajstić information content (AvgIpc) is 2.34. The number of hydrogen-bond acceptors (Lipinski definition) is 3. The number of halogens is 2. The molecule has 19 heavy (non-hydrogen) atoms. The molecule has 0 bridgehead atoms. The SMILES string of the molecule is C[C@H](CCO)NC(=O)C(=O)Nc1cc(F)ccc1Br. The maximum atomic E-state index is 13.0. The van der Waals surface area contributed by atoms with Crippen molar-refractivity contribution in [1.29, 1.82) is 0 Å². The van der Waals surface area contributed by atoms with Gasteiger partial charge in [-0.3, -0.25) is 9.59 Å². The van der Waals surface area contributed by atoms with E-state index in [-0.39, 0.29) is 18.3 Å². The Balaban J connectivity index is 2.64. The van der Waals surface area contributed by atoms with Crippen molar-refractivity contribution in [2.45, 2.75) is 19.4 Å². The lowest BCUT2D eigenvalue weighted by atomic mass is 10.2. The largest absolute Gasteiger partial charge is 0.396 e. The van der Waals surface area contributed by atoms with Crippen molar-refractivity contribution in [3.8, 4) is 0 Å². The van der Waals surface area contributed by atoms with Crippen LogP contribution >= 0.6 is 15.9 Å². The van der Waals surface area contributed by atoms with Gasteiger partial charge in [-0.25, -0.2) is 4.39 Å². The molecule has 1 aromatic rings. The Labute approximate surface area is 118 Å². The normalized spacial score (nSPS) is 11.8. The zero-order chi connectivity index (χ0) is 14.4. The van der Waals surface area contributed by atoms with Crippen molar-refractivity contribution in [2.24, 2.45) is 0 Å². The molecular formula is C12H14BrFN2O3. The Morgan fingerprint density at radius 2 is 2.11 bits per heavy atom. The number of nitrogens with one attached hydrogen (secondary N) is 2. The summed E-state index contributed by atoms with van der Waals surface area (Å²) in [7, 11) is 0. The molecule has 0 saturated heterocycles. The van der Waals surface area contributed by atoms with Crippen LogP contribution in [-0.2, 0) is 9.59 Å². The predicted molar refractivity (Wildman–Crippen MR) is 72.0 cm³/mol. The molecular weight excluding hydrogens is 319 g/mol. The Bertz CT molecular complexity index is 482. The minimum Gasteiger partial charge on any atom is -0.396 e. The molecule has 0 spiro atoms. The highest BCUT2D eigenvalue weighted by molar-refractivity contribution is 9.10. The number of anilines is 1. The van der Waals surface area contributed by atoms with Gasteiger partial charge in [0.2, 0.25) is 0 Å².